The van der Waals surface area contributed by atoms with Crippen molar-refractivity contribution in [3.05, 3.63) is 17.8 Å². The Morgan fingerprint density at radius 2 is 1.55 bits per heavy atom. The Labute approximate surface area is 157 Å². The Kier molecular flexibility index (Phi) is 7.76. The molecular weight excluding hydrogens is 420 g/mol. The number of aromatic carboxylic acids is 1. The van der Waals surface area contributed by atoms with Crippen LogP contribution in [0, 0.1) is 0 Å². The van der Waals surface area contributed by atoms with Crippen molar-refractivity contribution in [2.24, 2.45) is 0 Å². The molecular formula is C14H13F6N3O6. The number of carbonyl (C=O) groups excluding carboxylic acids is 1. The van der Waals surface area contributed by atoms with E-state index >= 15 is 0 Å². The number of halogens is 6. The molecule has 1 aromatic heterocycles. The van der Waals surface area contributed by atoms with E-state index in [9.17, 15) is 41.0 Å². The van der Waals surface area contributed by atoms with E-state index in [1.807, 2.05) is 0 Å². The average molecular weight is 433 g/mol. The number of ether oxygens (including phenoxy) is 1. The second-order valence-electron chi connectivity index (χ2n) is 5.25. The zero-order valence-electron chi connectivity index (χ0n) is 14.2. The van der Waals surface area contributed by atoms with Crippen molar-refractivity contribution in [2.45, 2.75) is 12.4 Å². The first kappa shape index (κ1) is 23.9. The molecule has 2 rings (SSSR count). The van der Waals surface area contributed by atoms with E-state index in [-0.39, 0.29) is 17.1 Å². The fourth-order valence-electron chi connectivity index (χ4n) is 1.91. The average Bonchev–Trinajstić information content (AvgIpc) is 2.61. The van der Waals surface area contributed by atoms with Crippen LogP contribution in [0.15, 0.2) is 12.3 Å². The predicted octanol–water partition coefficient (Wildman–Crippen LogP) is 1.75. The number of hydrogen-bond donors (Lipinski definition) is 3. The Morgan fingerprint density at radius 1 is 1.03 bits per heavy atom. The van der Waals surface area contributed by atoms with Gasteiger partial charge in [0.1, 0.15) is 11.4 Å². The molecule has 162 valence electrons. The smallest absolute Gasteiger partial charge is 0.478 e. The first-order valence-electron chi connectivity index (χ1n) is 7.47. The van der Waals surface area contributed by atoms with Crippen LogP contribution < -0.4 is 10.2 Å². The number of alkyl halides is 6. The summed E-state index contributed by atoms with van der Waals surface area (Å²) in [5, 5.41) is 17.9. The number of hydrogen-bond acceptors (Lipinski definition) is 6. The number of aromatic nitrogens is 1. The minimum absolute atomic E-state index is 0.126. The SMILES string of the molecule is O=C(O)C(F)(F)F.O=C(O)c1cc(NC(=O)C(F)(F)F)cnc1N1CCOCC1. The summed E-state index contributed by atoms with van der Waals surface area (Å²) < 4.78 is 73.5. The highest BCUT2D eigenvalue weighted by Crippen LogP contribution is 2.24. The van der Waals surface area contributed by atoms with Gasteiger partial charge in [-0.2, -0.15) is 26.3 Å². The molecule has 0 unspecified atom stereocenters. The molecule has 2 heterocycles. The van der Waals surface area contributed by atoms with E-state index in [1.165, 1.54) is 0 Å². The highest BCUT2D eigenvalue weighted by atomic mass is 19.4. The van der Waals surface area contributed by atoms with Gasteiger partial charge in [-0.3, -0.25) is 4.79 Å². The predicted molar refractivity (Wildman–Crippen MR) is 82.6 cm³/mol. The quantitative estimate of drug-likeness (QED) is 0.615. The zero-order chi connectivity index (χ0) is 22.4. The first-order valence-corrected chi connectivity index (χ1v) is 7.47. The molecule has 0 radical (unpaired) electrons. The molecule has 0 bridgehead atoms. The van der Waals surface area contributed by atoms with Crippen LogP contribution in [0.2, 0.25) is 0 Å². The van der Waals surface area contributed by atoms with E-state index in [1.54, 1.807) is 10.2 Å². The van der Waals surface area contributed by atoms with Crippen molar-refractivity contribution in [2.75, 3.05) is 36.5 Å². The molecule has 0 atom stereocenters. The van der Waals surface area contributed by atoms with Gasteiger partial charge in [0, 0.05) is 13.1 Å². The van der Waals surface area contributed by atoms with Crippen molar-refractivity contribution in [3.8, 4) is 0 Å². The lowest BCUT2D eigenvalue weighted by Gasteiger charge is -2.28. The summed E-state index contributed by atoms with van der Waals surface area (Å²) in [4.78, 5) is 36.5. The third-order valence-electron chi connectivity index (χ3n) is 3.17. The number of morpholine rings is 1. The maximum absolute atomic E-state index is 12.2. The summed E-state index contributed by atoms with van der Waals surface area (Å²) in [7, 11) is 0. The first-order chi connectivity index (χ1) is 13.2. The van der Waals surface area contributed by atoms with Crippen LogP contribution in [-0.4, -0.2) is 71.7 Å². The van der Waals surface area contributed by atoms with Gasteiger partial charge in [-0.1, -0.05) is 0 Å². The van der Waals surface area contributed by atoms with Crippen molar-refractivity contribution in [3.63, 3.8) is 0 Å². The van der Waals surface area contributed by atoms with Gasteiger partial charge >= 0.3 is 30.2 Å². The number of carboxylic acids is 2. The van der Waals surface area contributed by atoms with Crippen LogP contribution in [0.1, 0.15) is 10.4 Å². The minimum Gasteiger partial charge on any atom is -0.478 e. The van der Waals surface area contributed by atoms with Crippen LogP contribution >= 0.6 is 0 Å². The van der Waals surface area contributed by atoms with Gasteiger partial charge in [-0.05, 0) is 6.07 Å². The number of rotatable bonds is 3. The minimum atomic E-state index is -5.08. The van der Waals surface area contributed by atoms with E-state index in [0.717, 1.165) is 12.3 Å². The van der Waals surface area contributed by atoms with Crippen molar-refractivity contribution in [1.82, 2.24) is 4.98 Å². The summed E-state index contributed by atoms with van der Waals surface area (Å²) in [6, 6.07) is 0.948. The number of anilines is 2. The van der Waals surface area contributed by atoms with Crippen LogP contribution in [-0.2, 0) is 14.3 Å². The second kappa shape index (κ2) is 9.40. The van der Waals surface area contributed by atoms with E-state index in [2.05, 4.69) is 4.98 Å². The second-order valence-corrected chi connectivity index (χ2v) is 5.25. The van der Waals surface area contributed by atoms with Crippen molar-refractivity contribution < 1.29 is 55.7 Å². The Balaban J connectivity index is 0.000000516. The monoisotopic (exact) mass is 433 g/mol. The number of nitrogens with zero attached hydrogens (tertiary/aromatic N) is 2. The highest BCUT2D eigenvalue weighted by molar-refractivity contribution is 5.98. The Hall–Kier alpha value is -3.10. The van der Waals surface area contributed by atoms with Crippen molar-refractivity contribution in [1.29, 1.82) is 0 Å². The number of carbonyl (C=O) groups is 3. The summed E-state index contributed by atoms with van der Waals surface area (Å²) in [6.45, 7) is 1.63. The Morgan fingerprint density at radius 3 is 1.97 bits per heavy atom. The van der Waals surface area contributed by atoms with Crippen molar-refractivity contribution >= 4 is 29.4 Å². The fourth-order valence-corrected chi connectivity index (χ4v) is 1.91. The summed E-state index contributed by atoms with van der Waals surface area (Å²) in [6.07, 6.45) is -9.16. The molecule has 1 saturated heterocycles. The normalized spacial score (nSPS) is 14.5. The lowest BCUT2D eigenvalue weighted by atomic mass is 10.2. The van der Waals surface area contributed by atoms with Gasteiger partial charge in [0.2, 0.25) is 0 Å². The molecule has 15 heteroatoms. The lowest BCUT2D eigenvalue weighted by molar-refractivity contribution is -0.192. The van der Waals surface area contributed by atoms with Gasteiger partial charge in [0.05, 0.1) is 25.1 Å². The molecule has 1 fully saturated rings. The van der Waals surface area contributed by atoms with Crippen LogP contribution in [0.3, 0.4) is 0 Å². The summed E-state index contributed by atoms with van der Waals surface area (Å²) in [5.74, 6) is -6.17. The molecule has 9 nitrogen and oxygen atoms in total. The molecule has 0 saturated carbocycles. The number of amides is 1. The maximum Gasteiger partial charge on any atom is 0.490 e. The van der Waals surface area contributed by atoms with Gasteiger partial charge in [-0.25, -0.2) is 14.6 Å². The van der Waals surface area contributed by atoms with Gasteiger partial charge in [0.25, 0.3) is 0 Å². The van der Waals surface area contributed by atoms with Gasteiger partial charge in [-0.15, -0.1) is 0 Å². The number of pyridine rings is 1. The molecule has 29 heavy (non-hydrogen) atoms. The number of aliphatic carboxylic acids is 1. The number of nitrogens with one attached hydrogen (secondary N) is 1. The molecule has 1 amide bonds. The molecule has 1 aliphatic rings. The maximum atomic E-state index is 12.2. The van der Waals surface area contributed by atoms with Crippen LogP contribution in [0.25, 0.3) is 0 Å². The lowest BCUT2D eigenvalue weighted by Crippen LogP contribution is -2.37. The molecule has 0 spiro atoms. The topological polar surface area (TPSA) is 129 Å². The molecule has 1 aliphatic heterocycles. The molecule has 1 aromatic rings. The van der Waals surface area contributed by atoms with Crippen LogP contribution in [0.5, 0.6) is 0 Å². The Bertz CT molecular complexity index is 761. The van der Waals surface area contributed by atoms with E-state index < -0.39 is 30.2 Å². The third-order valence-corrected chi connectivity index (χ3v) is 3.17. The molecule has 0 aromatic carbocycles. The number of carboxylic acid groups (broad SMARTS) is 2. The fraction of sp³-hybridized carbons (Fsp3) is 0.429. The molecule has 3 N–H and O–H groups in total. The third kappa shape index (κ3) is 7.44. The van der Waals surface area contributed by atoms with E-state index in [4.69, 9.17) is 14.6 Å². The highest BCUT2D eigenvalue weighted by Gasteiger charge is 2.39. The summed E-state index contributed by atoms with van der Waals surface area (Å²) >= 11 is 0. The largest absolute Gasteiger partial charge is 0.490 e. The standard InChI is InChI=1S/C12H12F3N3O4.C2HF3O2/c13-12(14,15)11(21)17-7-5-8(10(19)20)9(16-6-7)18-1-3-22-4-2-18;3-2(4,5)1(6)7/h5-6H,1-4H2,(H,17,21)(H,19,20);(H,6,7). The van der Waals surface area contributed by atoms with E-state index in [0.29, 0.717) is 26.3 Å². The van der Waals surface area contributed by atoms with Crippen LogP contribution in [0.4, 0.5) is 37.8 Å². The summed E-state index contributed by atoms with van der Waals surface area (Å²) in [5.41, 5.74) is -0.626. The molecule has 0 aliphatic carbocycles. The zero-order valence-corrected chi connectivity index (χ0v) is 14.2. The van der Waals surface area contributed by atoms with Gasteiger partial charge in [0.15, 0.2) is 0 Å². The van der Waals surface area contributed by atoms with Gasteiger partial charge < -0.3 is 25.2 Å².